The summed E-state index contributed by atoms with van der Waals surface area (Å²) in [4.78, 5) is 0.235. The molecule has 1 aromatic carbocycles. The third kappa shape index (κ3) is 4.21. The van der Waals surface area contributed by atoms with E-state index in [1.165, 1.54) is 16.4 Å². The van der Waals surface area contributed by atoms with E-state index in [0.717, 1.165) is 12.8 Å². The Morgan fingerprint density at radius 3 is 2.52 bits per heavy atom. The van der Waals surface area contributed by atoms with Gasteiger partial charge in [-0.2, -0.15) is 4.31 Å². The summed E-state index contributed by atoms with van der Waals surface area (Å²) in [7, 11) is -3.54. The topological polar surface area (TPSA) is 72.6 Å². The van der Waals surface area contributed by atoms with E-state index in [1.807, 2.05) is 0 Å². The number of terminal acetylenes is 1. The van der Waals surface area contributed by atoms with Gasteiger partial charge in [-0.15, -0.1) is 6.42 Å². The molecule has 1 fully saturated rings. The zero-order valence-electron chi connectivity index (χ0n) is 11.9. The van der Waals surface area contributed by atoms with E-state index in [2.05, 4.69) is 5.92 Å². The highest BCUT2D eigenvalue weighted by molar-refractivity contribution is 7.89. The number of nitrogens with zero attached hydrogens (tertiary/aromatic N) is 1. The molecule has 114 valence electrons. The van der Waals surface area contributed by atoms with Crippen LogP contribution in [0.25, 0.3) is 0 Å². The molecule has 6 heteroatoms. The highest BCUT2D eigenvalue weighted by Crippen LogP contribution is 2.31. The fourth-order valence-electron chi connectivity index (χ4n) is 1.97. The summed E-state index contributed by atoms with van der Waals surface area (Å²) < 4.78 is 31.9. The van der Waals surface area contributed by atoms with Gasteiger partial charge >= 0.3 is 0 Å². The van der Waals surface area contributed by atoms with Gasteiger partial charge in [0.15, 0.2) is 0 Å². The summed E-state index contributed by atoms with van der Waals surface area (Å²) >= 11 is 0. The lowest BCUT2D eigenvalue weighted by atomic mass is 10.3. The molecular weight excluding hydrogens is 288 g/mol. The molecule has 0 heterocycles. The van der Waals surface area contributed by atoms with Crippen molar-refractivity contribution >= 4 is 10.0 Å². The third-order valence-electron chi connectivity index (χ3n) is 3.27. The van der Waals surface area contributed by atoms with Gasteiger partial charge in [-0.25, -0.2) is 8.42 Å². The summed E-state index contributed by atoms with van der Waals surface area (Å²) in [6, 6.07) is 6.34. The first kappa shape index (κ1) is 15.8. The SMILES string of the molecule is C#CCN(CC1CC1)S(=O)(=O)c1ccc(OCCN)cc1. The van der Waals surface area contributed by atoms with Crippen LogP contribution < -0.4 is 10.5 Å². The molecular formula is C15H20N2O3S. The van der Waals surface area contributed by atoms with E-state index >= 15 is 0 Å². The summed E-state index contributed by atoms with van der Waals surface area (Å²) in [5.74, 6) is 3.47. The molecule has 0 aliphatic heterocycles. The monoisotopic (exact) mass is 308 g/mol. The fourth-order valence-corrected chi connectivity index (χ4v) is 3.40. The van der Waals surface area contributed by atoms with Crippen LogP contribution in [0.4, 0.5) is 0 Å². The molecule has 1 aromatic rings. The lowest BCUT2D eigenvalue weighted by Crippen LogP contribution is -2.33. The van der Waals surface area contributed by atoms with Crippen molar-refractivity contribution in [2.75, 3.05) is 26.2 Å². The van der Waals surface area contributed by atoms with Crippen LogP contribution in [0.3, 0.4) is 0 Å². The Balaban J connectivity index is 2.14. The maximum absolute atomic E-state index is 12.6. The van der Waals surface area contributed by atoms with Crippen molar-refractivity contribution in [3.8, 4) is 18.1 Å². The highest BCUT2D eigenvalue weighted by atomic mass is 32.2. The smallest absolute Gasteiger partial charge is 0.243 e. The number of hydrogen-bond acceptors (Lipinski definition) is 4. The number of benzene rings is 1. The van der Waals surface area contributed by atoms with Crippen molar-refractivity contribution in [2.45, 2.75) is 17.7 Å². The Bertz CT molecular complexity index is 601. The van der Waals surface area contributed by atoms with Crippen molar-refractivity contribution in [3.63, 3.8) is 0 Å². The Morgan fingerprint density at radius 2 is 2.00 bits per heavy atom. The minimum absolute atomic E-state index is 0.101. The Kier molecular flexibility index (Phi) is 5.23. The average molecular weight is 308 g/mol. The van der Waals surface area contributed by atoms with Crippen molar-refractivity contribution in [1.82, 2.24) is 4.31 Å². The molecule has 2 rings (SSSR count). The molecule has 21 heavy (non-hydrogen) atoms. The van der Waals surface area contributed by atoms with Gasteiger partial charge in [0.25, 0.3) is 0 Å². The van der Waals surface area contributed by atoms with E-state index in [9.17, 15) is 8.42 Å². The van der Waals surface area contributed by atoms with Gasteiger partial charge in [-0.1, -0.05) is 5.92 Å². The van der Waals surface area contributed by atoms with Gasteiger partial charge < -0.3 is 10.5 Å². The standard InChI is InChI=1S/C15H20N2O3S/c1-2-10-17(12-13-3-4-13)21(18,19)15-7-5-14(6-8-15)20-11-9-16/h1,5-8,13H,3-4,9-12,16H2. The molecule has 0 radical (unpaired) electrons. The molecule has 1 aliphatic rings. The van der Waals surface area contributed by atoms with Gasteiger partial charge in [0.05, 0.1) is 11.4 Å². The Hall–Kier alpha value is -1.55. The number of nitrogens with two attached hydrogens (primary N) is 1. The van der Waals surface area contributed by atoms with Crippen molar-refractivity contribution < 1.29 is 13.2 Å². The van der Waals surface area contributed by atoms with Crippen LogP contribution in [0.5, 0.6) is 5.75 Å². The van der Waals surface area contributed by atoms with Crippen molar-refractivity contribution in [1.29, 1.82) is 0 Å². The van der Waals surface area contributed by atoms with E-state index < -0.39 is 10.0 Å². The van der Waals surface area contributed by atoms with Crippen LogP contribution in [0.1, 0.15) is 12.8 Å². The van der Waals surface area contributed by atoms with E-state index in [4.69, 9.17) is 16.9 Å². The van der Waals surface area contributed by atoms with Gasteiger partial charge in [0.2, 0.25) is 10.0 Å². The number of ether oxygens (including phenoxy) is 1. The number of rotatable bonds is 8. The van der Waals surface area contributed by atoms with Gasteiger partial charge in [0.1, 0.15) is 12.4 Å². The zero-order valence-corrected chi connectivity index (χ0v) is 12.7. The maximum atomic E-state index is 12.6. The van der Waals surface area contributed by atoms with E-state index in [1.54, 1.807) is 12.1 Å². The maximum Gasteiger partial charge on any atom is 0.243 e. The van der Waals surface area contributed by atoms with Gasteiger partial charge in [-0.05, 0) is 43.0 Å². The number of hydrogen-bond donors (Lipinski definition) is 1. The van der Waals surface area contributed by atoms with Crippen LogP contribution in [-0.2, 0) is 10.0 Å². The predicted octanol–water partition coefficient (Wildman–Crippen LogP) is 1.06. The first-order valence-corrected chi connectivity index (χ1v) is 8.38. The van der Waals surface area contributed by atoms with Crippen LogP contribution in [0.2, 0.25) is 0 Å². The van der Waals surface area contributed by atoms with Gasteiger partial charge in [0, 0.05) is 13.1 Å². The molecule has 0 unspecified atom stereocenters. The first-order valence-electron chi connectivity index (χ1n) is 6.94. The summed E-state index contributed by atoms with van der Waals surface area (Å²) in [6.45, 7) is 1.41. The molecule has 0 saturated heterocycles. The molecule has 5 nitrogen and oxygen atoms in total. The number of sulfonamides is 1. The second-order valence-electron chi connectivity index (χ2n) is 5.05. The quantitative estimate of drug-likeness (QED) is 0.729. The normalized spacial score (nSPS) is 14.9. The first-order chi connectivity index (χ1) is 10.1. The van der Waals surface area contributed by atoms with Crippen LogP contribution in [0, 0.1) is 18.3 Å². The van der Waals surface area contributed by atoms with Crippen LogP contribution >= 0.6 is 0 Å². The van der Waals surface area contributed by atoms with E-state index in [-0.39, 0.29) is 11.4 Å². The van der Waals surface area contributed by atoms with Crippen LogP contribution in [0.15, 0.2) is 29.2 Å². The van der Waals surface area contributed by atoms with Crippen molar-refractivity contribution in [2.24, 2.45) is 11.7 Å². The Morgan fingerprint density at radius 1 is 1.33 bits per heavy atom. The fraction of sp³-hybridized carbons (Fsp3) is 0.467. The molecule has 1 saturated carbocycles. The lowest BCUT2D eigenvalue weighted by molar-refractivity contribution is 0.328. The van der Waals surface area contributed by atoms with Gasteiger partial charge in [-0.3, -0.25) is 0 Å². The Labute approximate surface area is 126 Å². The highest BCUT2D eigenvalue weighted by Gasteiger charge is 2.31. The van der Waals surface area contributed by atoms with E-state index in [0.29, 0.717) is 31.4 Å². The summed E-state index contributed by atoms with van der Waals surface area (Å²) in [5.41, 5.74) is 5.35. The zero-order chi connectivity index (χ0) is 15.3. The molecule has 0 amide bonds. The summed E-state index contributed by atoms with van der Waals surface area (Å²) in [6.07, 6.45) is 7.44. The molecule has 0 bridgehead atoms. The predicted molar refractivity (Wildman–Crippen MR) is 81.3 cm³/mol. The molecule has 0 atom stereocenters. The second kappa shape index (κ2) is 6.94. The molecule has 0 spiro atoms. The van der Waals surface area contributed by atoms with Crippen molar-refractivity contribution in [3.05, 3.63) is 24.3 Å². The second-order valence-corrected chi connectivity index (χ2v) is 6.99. The summed E-state index contributed by atoms with van der Waals surface area (Å²) in [5, 5.41) is 0. The largest absolute Gasteiger partial charge is 0.492 e. The molecule has 0 aromatic heterocycles. The lowest BCUT2D eigenvalue weighted by Gasteiger charge is -2.19. The minimum atomic E-state index is -3.54. The third-order valence-corrected chi connectivity index (χ3v) is 5.10. The average Bonchev–Trinajstić information content (AvgIpc) is 3.29. The molecule has 2 N–H and O–H groups in total. The molecule has 1 aliphatic carbocycles. The van der Waals surface area contributed by atoms with Crippen LogP contribution in [-0.4, -0.2) is 39.0 Å². The minimum Gasteiger partial charge on any atom is -0.492 e.